The predicted octanol–water partition coefficient (Wildman–Crippen LogP) is 2.82. The van der Waals surface area contributed by atoms with Crippen molar-refractivity contribution in [2.75, 3.05) is 32.8 Å². The molecule has 6 heteroatoms. The van der Waals surface area contributed by atoms with E-state index in [9.17, 15) is 0 Å². The largest absolute Gasteiger partial charge is 0.382 e. The molecule has 1 heterocycles. The van der Waals surface area contributed by atoms with Gasteiger partial charge < -0.3 is 19.9 Å². The van der Waals surface area contributed by atoms with Crippen LogP contribution in [0.25, 0.3) is 0 Å². The van der Waals surface area contributed by atoms with E-state index in [0.29, 0.717) is 5.41 Å². The number of aryl methyl sites for hydroxylation is 1. The number of hydrogen-bond donors (Lipinski definition) is 2. The minimum atomic E-state index is 0.342. The summed E-state index contributed by atoms with van der Waals surface area (Å²) < 4.78 is 7.71. The van der Waals surface area contributed by atoms with Gasteiger partial charge in [-0.3, -0.25) is 4.99 Å². The lowest BCUT2D eigenvalue weighted by molar-refractivity contribution is 0.107. The van der Waals surface area contributed by atoms with E-state index in [1.807, 2.05) is 18.7 Å². The zero-order valence-corrected chi connectivity index (χ0v) is 16.0. The number of guanidine groups is 1. The average Bonchev–Trinajstić information content (AvgIpc) is 3.29. The third-order valence-electron chi connectivity index (χ3n) is 5.01. The number of hydrogen-bond acceptors (Lipinski definition) is 3. The van der Waals surface area contributed by atoms with E-state index in [4.69, 9.17) is 9.73 Å². The van der Waals surface area contributed by atoms with Gasteiger partial charge in [0, 0.05) is 51.8 Å². The van der Waals surface area contributed by atoms with Crippen LogP contribution in [0.4, 0.5) is 0 Å². The van der Waals surface area contributed by atoms with Crippen LogP contribution in [-0.4, -0.2) is 48.4 Å². The summed E-state index contributed by atoms with van der Waals surface area (Å²) in [5.41, 5.74) is 0.342. The highest BCUT2D eigenvalue weighted by Gasteiger charge is 2.33. The minimum absolute atomic E-state index is 0.342. The summed E-state index contributed by atoms with van der Waals surface area (Å²) in [6.07, 6.45) is 13.1. The van der Waals surface area contributed by atoms with Gasteiger partial charge in [0.1, 0.15) is 0 Å². The first kappa shape index (κ1) is 19.8. The second-order valence-corrected chi connectivity index (χ2v) is 6.93. The molecule has 1 aromatic heterocycles. The van der Waals surface area contributed by atoms with Crippen LogP contribution in [0.15, 0.2) is 23.7 Å². The van der Waals surface area contributed by atoms with Crippen molar-refractivity contribution in [3.63, 3.8) is 0 Å². The van der Waals surface area contributed by atoms with Crippen molar-refractivity contribution in [2.45, 2.75) is 58.9 Å². The highest BCUT2D eigenvalue weighted by atomic mass is 16.5. The Hall–Kier alpha value is -1.56. The number of nitrogens with zero attached hydrogens (tertiary/aromatic N) is 3. The van der Waals surface area contributed by atoms with E-state index in [-0.39, 0.29) is 0 Å². The van der Waals surface area contributed by atoms with Crippen molar-refractivity contribution >= 4 is 5.96 Å². The standard InChI is InChI=1S/C19H35N5O/c1-3-21-18(22-11-7-13-24-14-12-20-17-24)23-16-19(8-5-6-9-19)10-15-25-4-2/h12,14,17H,3-11,13,15-16H2,1-2H3,(H2,21,22,23). The number of rotatable bonds is 11. The van der Waals surface area contributed by atoms with Crippen molar-refractivity contribution in [1.29, 1.82) is 0 Å². The summed E-state index contributed by atoms with van der Waals surface area (Å²) in [5.74, 6) is 0.941. The van der Waals surface area contributed by atoms with Crippen LogP contribution in [0.5, 0.6) is 0 Å². The van der Waals surface area contributed by atoms with Gasteiger partial charge in [0.05, 0.1) is 6.33 Å². The van der Waals surface area contributed by atoms with Crippen LogP contribution in [0, 0.1) is 5.41 Å². The van der Waals surface area contributed by atoms with Crippen LogP contribution in [-0.2, 0) is 11.3 Å². The Balaban J connectivity index is 1.79. The van der Waals surface area contributed by atoms with Crippen molar-refractivity contribution in [2.24, 2.45) is 10.4 Å². The third kappa shape index (κ3) is 7.06. The molecule has 1 fully saturated rings. The predicted molar refractivity (Wildman–Crippen MR) is 103 cm³/mol. The summed E-state index contributed by atoms with van der Waals surface area (Å²) in [7, 11) is 0. The molecular weight excluding hydrogens is 314 g/mol. The smallest absolute Gasteiger partial charge is 0.191 e. The Labute approximate surface area is 152 Å². The molecule has 142 valence electrons. The first-order chi connectivity index (χ1) is 12.3. The highest BCUT2D eigenvalue weighted by Crippen LogP contribution is 2.41. The molecule has 1 aliphatic carbocycles. The van der Waals surface area contributed by atoms with Gasteiger partial charge in [0.15, 0.2) is 5.96 Å². The molecule has 0 radical (unpaired) electrons. The maximum Gasteiger partial charge on any atom is 0.191 e. The Kier molecular flexibility index (Phi) is 8.80. The number of nitrogens with one attached hydrogen (secondary N) is 2. The second kappa shape index (κ2) is 11.1. The molecule has 0 aliphatic heterocycles. The molecule has 0 aromatic carbocycles. The lowest BCUT2D eigenvalue weighted by atomic mass is 9.83. The summed E-state index contributed by atoms with van der Waals surface area (Å²) in [5, 5.41) is 6.84. The van der Waals surface area contributed by atoms with Crippen molar-refractivity contribution in [3.05, 3.63) is 18.7 Å². The molecule has 0 saturated heterocycles. The number of ether oxygens (including phenoxy) is 1. The van der Waals surface area contributed by atoms with Crippen molar-refractivity contribution in [3.8, 4) is 0 Å². The minimum Gasteiger partial charge on any atom is -0.382 e. The van der Waals surface area contributed by atoms with E-state index in [1.165, 1.54) is 25.7 Å². The topological polar surface area (TPSA) is 63.5 Å². The molecule has 0 spiro atoms. The monoisotopic (exact) mass is 349 g/mol. The van der Waals surface area contributed by atoms with Crippen molar-refractivity contribution < 1.29 is 4.74 Å². The fourth-order valence-electron chi connectivity index (χ4n) is 3.52. The van der Waals surface area contributed by atoms with Gasteiger partial charge in [-0.2, -0.15) is 0 Å². The highest BCUT2D eigenvalue weighted by molar-refractivity contribution is 5.79. The molecule has 0 atom stereocenters. The van der Waals surface area contributed by atoms with Gasteiger partial charge in [0.2, 0.25) is 0 Å². The van der Waals surface area contributed by atoms with Crippen LogP contribution in [0.1, 0.15) is 52.4 Å². The van der Waals surface area contributed by atoms with Crippen LogP contribution in [0.3, 0.4) is 0 Å². The van der Waals surface area contributed by atoms with Gasteiger partial charge in [-0.1, -0.05) is 12.8 Å². The van der Waals surface area contributed by atoms with Crippen LogP contribution in [0.2, 0.25) is 0 Å². The van der Waals surface area contributed by atoms with E-state index in [1.54, 1.807) is 0 Å². The quantitative estimate of drug-likeness (QED) is 0.366. The second-order valence-electron chi connectivity index (χ2n) is 6.93. The molecule has 1 saturated carbocycles. The van der Waals surface area contributed by atoms with E-state index >= 15 is 0 Å². The molecule has 1 aliphatic rings. The lowest BCUT2D eigenvalue weighted by Crippen LogP contribution is -2.39. The number of aliphatic imine (C=N–C) groups is 1. The maximum absolute atomic E-state index is 5.60. The van der Waals surface area contributed by atoms with E-state index < -0.39 is 0 Å². The molecule has 6 nitrogen and oxygen atoms in total. The Morgan fingerprint density at radius 3 is 2.80 bits per heavy atom. The third-order valence-corrected chi connectivity index (χ3v) is 5.01. The van der Waals surface area contributed by atoms with Crippen molar-refractivity contribution in [1.82, 2.24) is 20.2 Å². The maximum atomic E-state index is 5.60. The Morgan fingerprint density at radius 1 is 1.28 bits per heavy atom. The number of imidazole rings is 1. The molecule has 25 heavy (non-hydrogen) atoms. The van der Waals surface area contributed by atoms with Gasteiger partial charge >= 0.3 is 0 Å². The first-order valence-electron chi connectivity index (χ1n) is 9.84. The molecule has 0 bridgehead atoms. The SMILES string of the molecule is CCNC(=NCC1(CCOCC)CCCC1)NCCCn1ccnc1. The van der Waals surface area contributed by atoms with Gasteiger partial charge in [-0.05, 0) is 44.9 Å². The summed E-state index contributed by atoms with van der Waals surface area (Å²) in [6.45, 7) is 9.53. The van der Waals surface area contributed by atoms with Crippen LogP contribution < -0.4 is 10.6 Å². The molecule has 0 amide bonds. The molecule has 2 rings (SSSR count). The molecular formula is C19H35N5O. The first-order valence-corrected chi connectivity index (χ1v) is 9.84. The zero-order chi connectivity index (χ0) is 17.8. The van der Waals surface area contributed by atoms with Crippen LogP contribution >= 0.6 is 0 Å². The van der Waals surface area contributed by atoms with Gasteiger partial charge in [0.25, 0.3) is 0 Å². The Bertz CT molecular complexity index is 480. The van der Waals surface area contributed by atoms with Gasteiger partial charge in [-0.25, -0.2) is 4.98 Å². The normalized spacial score (nSPS) is 17.0. The summed E-state index contributed by atoms with van der Waals surface area (Å²) >= 11 is 0. The summed E-state index contributed by atoms with van der Waals surface area (Å²) in [4.78, 5) is 8.97. The van der Waals surface area contributed by atoms with E-state index in [2.05, 4.69) is 34.0 Å². The zero-order valence-electron chi connectivity index (χ0n) is 16.0. The molecule has 1 aromatic rings. The molecule has 2 N–H and O–H groups in total. The lowest BCUT2D eigenvalue weighted by Gasteiger charge is -2.27. The average molecular weight is 350 g/mol. The summed E-state index contributed by atoms with van der Waals surface area (Å²) in [6, 6.07) is 0. The molecule has 0 unspecified atom stereocenters. The fourth-order valence-corrected chi connectivity index (χ4v) is 3.52. The fraction of sp³-hybridized carbons (Fsp3) is 0.789. The van der Waals surface area contributed by atoms with E-state index in [0.717, 1.165) is 58.2 Å². The van der Waals surface area contributed by atoms with Gasteiger partial charge in [-0.15, -0.1) is 0 Å². The number of aromatic nitrogens is 2. The Morgan fingerprint density at radius 2 is 2.12 bits per heavy atom.